The normalized spacial score (nSPS) is 19.0. The molecule has 1 fully saturated rings. The maximum absolute atomic E-state index is 14.9. The Kier molecular flexibility index (Phi) is 6.42. The van der Waals surface area contributed by atoms with Gasteiger partial charge in [-0.1, -0.05) is 6.07 Å². The number of nitriles is 1. The summed E-state index contributed by atoms with van der Waals surface area (Å²) < 4.78 is 21.9. The Hall–Kier alpha value is -3.71. The van der Waals surface area contributed by atoms with Crippen LogP contribution in [0.1, 0.15) is 25.5 Å². The van der Waals surface area contributed by atoms with Crippen LogP contribution in [0.15, 0.2) is 40.7 Å². The number of aliphatic imine (C=N–C) groups is 1. The standard InChI is InChI=1S/C23H26FN7O2/c1-14(32)31-7-5-20(27-16-6-8-33-13-16)18(12-31)23(26)28-21-4-3-15(9-19(21)24)17-11-30(2)29-22(17)10-25/h3-4,9,11,16,27H,5-8,12-13H2,1-2H3,(H2,26,28). The van der Waals surface area contributed by atoms with Crippen LogP contribution in [0.4, 0.5) is 10.1 Å². The first-order valence-electron chi connectivity index (χ1n) is 10.8. The van der Waals surface area contributed by atoms with Gasteiger partial charge in [0.1, 0.15) is 23.4 Å². The molecule has 2 aromatic rings. The predicted octanol–water partition coefficient (Wildman–Crippen LogP) is 1.97. The molecule has 172 valence electrons. The van der Waals surface area contributed by atoms with Crippen molar-refractivity contribution >= 4 is 17.4 Å². The molecule has 1 aromatic carbocycles. The Morgan fingerprint density at radius 1 is 1.45 bits per heavy atom. The fourth-order valence-electron chi connectivity index (χ4n) is 4.07. The number of benzene rings is 1. The highest BCUT2D eigenvalue weighted by molar-refractivity contribution is 6.00. The van der Waals surface area contributed by atoms with Gasteiger partial charge >= 0.3 is 0 Å². The number of nitrogens with one attached hydrogen (secondary N) is 1. The predicted molar refractivity (Wildman–Crippen MR) is 121 cm³/mol. The van der Waals surface area contributed by atoms with E-state index in [4.69, 9.17) is 10.5 Å². The minimum atomic E-state index is -0.568. The molecule has 0 radical (unpaired) electrons. The smallest absolute Gasteiger partial charge is 0.219 e. The van der Waals surface area contributed by atoms with E-state index in [-0.39, 0.29) is 29.2 Å². The van der Waals surface area contributed by atoms with Gasteiger partial charge in [0.2, 0.25) is 5.91 Å². The van der Waals surface area contributed by atoms with Crippen LogP contribution in [0.3, 0.4) is 0 Å². The first kappa shape index (κ1) is 22.5. The quantitative estimate of drug-likeness (QED) is 0.530. The van der Waals surface area contributed by atoms with Crippen molar-refractivity contribution in [2.24, 2.45) is 17.8 Å². The second-order valence-electron chi connectivity index (χ2n) is 8.19. The highest BCUT2D eigenvalue weighted by atomic mass is 19.1. The maximum Gasteiger partial charge on any atom is 0.219 e. The molecule has 0 aliphatic carbocycles. The minimum absolute atomic E-state index is 0.0520. The van der Waals surface area contributed by atoms with Gasteiger partial charge < -0.3 is 20.7 Å². The summed E-state index contributed by atoms with van der Waals surface area (Å²) in [6.07, 6.45) is 3.17. The Labute approximate surface area is 191 Å². The molecule has 1 atom stereocenters. The highest BCUT2D eigenvalue weighted by Crippen LogP contribution is 2.28. The van der Waals surface area contributed by atoms with Crippen LogP contribution in [0.5, 0.6) is 0 Å². The third-order valence-corrected chi connectivity index (χ3v) is 5.84. The van der Waals surface area contributed by atoms with Gasteiger partial charge in [0.15, 0.2) is 5.69 Å². The number of aryl methyl sites for hydroxylation is 1. The van der Waals surface area contributed by atoms with Crippen molar-refractivity contribution in [2.75, 3.05) is 26.3 Å². The van der Waals surface area contributed by atoms with Gasteiger partial charge in [0.25, 0.3) is 0 Å². The number of nitrogens with two attached hydrogens (primary N) is 1. The number of carbonyl (C=O) groups is 1. The Balaban J connectivity index is 1.65. The lowest BCUT2D eigenvalue weighted by Crippen LogP contribution is -2.43. The van der Waals surface area contributed by atoms with E-state index < -0.39 is 5.82 Å². The summed E-state index contributed by atoms with van der Waals surface area (Å²) in [5.74, 6) is -0.460. The average Bonchev–Trinajstić information content (AvgIpc) is 3.44. The van der Waals surface area contributed by atoms with Crippen molar-refractivity contribution in [3.63, 3.8) is 0 Å². The van der Waals surface area contributed by atoms with Crippen LogP contribution < -0.4 is 11.1 Å². The average molecular weight is 452 g/mol. The van der Waals surface area contributed by atoms with Gasteiger partial charge in [-0.2, -0.15) is 10.4 Å². The molecule has 1 amide bonds. The lowest BCUT2D eigenvalue weighted by molar-refractivity contribution is -0.128. The molecule has 1 aromatic heterocycles. The van der Waals surface area contributed by atoms with Crippen molar-refractivity contribution in [1.29, 1.82) is 5.26 Å². The second kappa shape index (κ2) is 9.42. The van der Waals surface area contributed by atoms with E-state index in [0.29, 0.717) is 49.4 Å². The number of nitrogens with zero attached hydrogens (tertiary/aromatic N) is 5. The number of carbonyl (C=O) groups excluding carboxylic acids is 1. The number of hydrogen-bond donors (Lipinski definition) is 2. The molecule has 0 bridgehead atoms. The van der Waals surface area contributed by atoms with Gasteiger partial charge in [-0.3, -0.25) is 9.48 Å². The number of aromatic nitrogens is 2. The SMILES string of the molecule is CC(=O)N1CCC(NC2CCOC2)=C(C(N)=Nc2ccc(-c3cn(C)nc3C#N)cc2F)C1. The zero-order chi connectivity index (χ0) is 23.5. The van der Waals surface area contributed by atoms with Crippen molar-refractivity contribution in [1.82, 2.24) is 20.0 Å². The van der Waals surface area contributed by atoms with E-state index in [1.807, 2.05) is 6.07 Å². The van der Waals surface area contributed by atoms with Gasteiger partial charge in [0, 0.05) is 56.6 Å². The topological polar surface area (TPSA) is 122 Å². The van der Waals surface area contributed by atoms with Crippen molar-refractivity contribution < 1.29 is 13.9 Å². The lowest BCUT2D eigenvalue weighted by Gasteiger charge is -2.31. The number of ether oxygens (including phenoxy) is 1. The van der Waals surface area contributed by atoms with E-state index in [9.17, 15) is 14.4 Å². The fraction of sp³-hybridized carbons (Fsp3) is 0.391. The van der Waals surface area contributed by atoms with E-state index in [2.05, 4.69) is 15.4 Å². The van der Waals surface area contributed by atoms with Crippen molar-refractivity contribution in [3.8, 4) is 17.2 Å². The Morgan fingerprint density at radius 2 is 2.27 bits per heavy atom. The molecule has 3 heterocycles. The molecular weight excluding hydrogens is 425 g/mol. The monoisotopic (exact) mass is 451 g/mol. The first-order chi connectivity index (χ1) is 15.9. The summed E-state index contributed by atoms with van der Waals surface area (Å²) in [4.78, 5) is 18.0. The Morgan fingerprint density at radius 3 is 2.94 bits per heavy atom. The van der Waals surface area contributed by atoms with Crippen LogP contribution >= 0.6 is 0 Å². The fourth-order valence-corrected chi connectivity index (χ4v) is 4.07. The zero-order valence-corrected chi connectivity index (χ0v) is 18.6. The molecule has 0 spiro atoms. The van der Waals surface area contributed by atoms with E-state index >= 15 is 0 Å². The molecule has 33 heavy (non-hydrogen) atoms. The first-order valence-corrected chi connectivity index (χ1v) is 10.8. The van der Waals surface area contributed by atoms with Crippen molar-refractivity contribution in [2.45, 2.75) is 25.8 Å². The lowest BCUT2D eigenvalue weighted by atomic mass is 10.0. The van der Waals surface area contributed by atoms with Gasteiger partial charge in [-0.25, -0.2) is 9.38 Å². The Bertz CT molecular complexity index is 1170. The summed E-state index contributed by atoms with van der Waals surface area (Å²) in [6, 6.07) is 6.71. The summed E-state index contributed by atoms with van der Waals surface area (Å²) in [6.45, 7) is 3.71. The van der Waals surface area contributed by atoms with Gasteiger partial charge in [-0.05, 0) is 24.1 Å². The number of amidine groups is 1. The third kappa shape index (κ3) is 4.88. The van der Waals surface area contributed by atoms with Gasteiger partial charge in [0.05, 0.1) is 19.2 Å². The number of hydrogen-bond acceptors (Lipinski definition) is 6. The molecular formula is C23H26FN7O2. The molecule has 9 nitrogen and oxygen atoms in total. The van der Waals surface area contributed by atoms with E-state index in [0.717, 1.165) is 12.1 Å². The van der Waals surface area contributed by atoms with Gasteiger partial charge in [-0.15, -0.1) is 0 Å². The largest absolute Gasteiger partial charge is 0.383 e. The summed E-state index contributed by atoms with van der Waals surface area (Å²) >= 11 is 0. The molecule has 1 saturated heterocycles. The van der Waals surface area contributed by atoms with Crippen LogP contribution in [0, 0.1) is 17.1 Å². The number of halogens is 1. The molecule has 0 saturated carbocycles. The second-order valence-corrected chi connectivity index (χ2v) is 8.19. The third-order valence-electron chi connectivity index (χ3n) is 5.84. The zero-order valence-electron chi connectivity index (χ0n) is 18.6. The summed E-state index contributed by atoms with van der Waals surface area (Å²) in [5.41, 5.74) is 9.30. The molecule has 3 N–H and O–H groups in total. The summed E-state index contributed by atoms with van der Waals surface area (Å²) in [7, 11) is 1.70. The number of amides is 1. The van der Waals surface area contributed by atoms with E-state index in [1.54, 1.807) is 24.2 Å². The maximum atomic E-state index is 14.9. The molecule has 10 heteroatoms. The van der Waals surface area contributed by atoms with Crippen LogP contribution in [-0.4, -0.2) is 58.8 Å². The van der Waals surface area contributed by atoms with Crippen LogP contribution in [0.25, 0.3) is 11.1 Å². The summed E-state index contributed by atoms with van der Waals surface area (Å²) in [5, 5.41) is 16.8. The molecule has 1 unspecified atom stereocenters. The van der Waals surface area contributed by atoms with E-state index in [1.165, 1.54) is 23.7 Å². The van der Waals surface area contributed by atoms with Crippen LogP contribution in [0.2, 0.25) is 0 Å². The number of rotatable bonds is 5. The minimum Gasteiger partial charge on any atom is -0.383 e. The highest BCUT2D eigenvalue weighted by Gasteiger charge is 2.26. The van der Waals surface area contributed by atoms with Crippen molar-refractivity contribution in [3.05, 3.63) is 47.2 Å². The molecule has 2 aliphatic rings. The molecule has 4 rings (SSSR count). The van der Waals surface area contributed by atoms with Crippen LogP contribution in [-0.2, 0) is 16.6 Å². The molecule has 2 aliphatic heterocycles.